The van der Waals surface area contributed by atoms with Gasteiger partial charge < -0.3 is 4.74 Å². The van der Waals surface area contributed by atoms with Crippen LogP contribution in [0.25, 0.3) is 0 Å². The number of allylic oxidation sites excluding steroid dienone is 1. The lowest BCUT2D eigenvalue weighted by Crippen LogP contribution is -2.20. The summed E-state index contributed by atoms with van der Waals surface area (Å²) in [6.07, 6.45) is 3.70. The van der Waals surface area contributed by atoms with Crippen molar-refractivity contribution in [2.24, 2.45) is 0 Å². The first-order chi connectivity index (χ1) is 13.0. The third kappa shape index (κ3) is 4.14. The molecule has 0 atom stereocenters. The van der Waals surface area contributed by atoms with Crippen LogP contribution < -0.4 is 5.32 Å². The fourth-order valence-electron chi connectivity index (χ4n) is 3.19. The van der Waals surface area contributed by atoms with E-state index in [2.05, 4.69) is 11.9 Å². The van der Waals surface area contributed by atoms with E-state index >= 15 is 0 Å². The van der Waals surface area contributed by atoms with Crippen LogP contribution in [0.3, 0.4) is 0 Å². The Balaban J connectivity index is 1.63. The van der Waals surface area contributed by atoms with Crippen molar-refractivity contribution >= 4 is 17.8 Å². The molecule has 0 aromatic heterocycles. The van der Waals surface area contributed by atoms with Crippen molar-refractivity contribution in [2.75, 3.05) is 0 Å². The summed E-state index contributed by atoms with van der Waals surface area (Å²) in [6, 6.07) is 10.9. The zero-order chi connectivity index (χ0) is 19.4. The fourth-order valence-corrected chi connectivity index (χ4v) is 3.19. The predicted octanol–water partition coefficient (Wildman–Crippen LogP) is 3.28. The number of carbonyl (C=O) groups is 3. The molecule has 0 saturated carbocycles. The monoisotopic (exact) mass is 363 g/mol. The van der Waals surface area contributed by atoms with E-state index in [1.54, 1.807) is 18.2 Å². The van der Waals surface area contributed by atoms with Gasteiger partial charge in [0, 0.05) is 0 Å². The van der Waals surface area contributed by atoms with Crippen LogP contribution in [0.15, 0.2) is 49.1 Å². The summed E-state index contributed by atoms with van der Waals surface area (Å²) in [5.41, 5.74) is 4.38. The van der Waals surface area contributed by atoms with Gasteiger partial charge in [0.25, 0.3) is 11.8 Å². The molecular formula is C22H21NO4. The van der Waals surface area contributed by atoms with E-state index in [0.717, 1.165) is 24.0 Å². The quantitative estimate of drug-likeness (QED) is 0.465. The second-order valence-electron chi connectivity index (χ2n) is 6.55. The molecule has 5 heteroatoms. The van der Waals surface area contributed by atoms with Gasteiger partial charge in [-0.1, -0.05) is 36.4 Å². The Hall–Kier alpha value is -3.21. The summed E-state index contributed by atoms with van der Waals surface area (Å²) in [7, 11) is 0. The van der Waals surface area contributed by atoms with Crippen LogP contribution in [-0.2, 0) is 29.0 Å². The van der Waals surface area contributed by atoms with Crippen molar-refractivity contribution in [2.45, 2.75) is 32.8 Å². The molecule has 138 valence electrons. The number of ether oxygens (including phenoxy) is 1. The minimum Gasteiger partial charge on any atom is -0.461 e. The largest absolute Gasteiger partial charge is 0.461 e. The molecule has 0 unspecified atom stereocenters. The number of hydrogen-bond donors (Lipinski definition) is 1. The van der Waals surface area contributed by atoms with Crippen LogP contribution in [-0.4, -0.2) is 17.8 Å². The van der Waals surface area contributed by atoms with Crippen molar-refractivity contribution in [1.29, 1.82) is 0 Å². The molecule has 2 amide bonds. The molecule has 0 bridgehead atoms. The van der Waals surface area contributed by atoms with Gasteiger partial charge in [-0.25, -0.2) is 0 Å². The minimum atomic E-state index is -0.468. The van der Waals surface area contributed by atoms with Gasteiger partial charge in [0.2, 0.25) is 0 Å². The average Bonchev–Trinajstić information content (AvgIpc) is 2.94. The first-order valence-electron chi connectivity index (χ1n) is 8.82. The molecule has 0 spiro atoms. The standard InChI is InChI=1S/C22H21NO4/c1-3-4-6-16-10-9-15(11-14(16)2)13-27-19(24)12-17-7-5-8-18-20(17)22(26)23-21(18)25/h3,5,7-11H,1,4,6,12-13H2,2H3,(H,23,25,26). The zero-order valence-corrected chi connectivity index (χ0v) is 15.2. The number of benzene rings is 2. The maximum Gasteiger partial charge on any atom is 0.310 e. The molecule has 5 nitrogen and oxygen atoms in total. The maximum absolute atomic E-state index is 12.2. The number of hydrogen-bond acceptors (Lipinski definition) is 4. The van der Waals surface area contributed by atoms with Crippen LogP contribution in [0.2, 0.25) is 0 Å². The van der Waals surface area contributed by atoms with Crippen LogP contribution in [0.4, 0.5) is 0 Å². The second kappa shape index (κ2) is 7.99. The molecule has 2 aromatic rings. The summed E-state index contributed by atoms with van der Waals surface area (Å²) >= 11 is 0. The van der Waals surface area contributed by atoms with E-state index in [4.69, 9.17) is 4.74 Å². The molecular weight excluding hydrogens is 342 g/mol. The normalized spacial score (nSPS) is 12.5. The summed E-state index contributed by atoms with van der Waals surface area (Å²) in [4.78, 5) is 35.8. The molecule has 0 radical (unpaired) electrons. The Morgan fingerprint density at radius 2 is 1.96 bits per heavy atom. The molecule has 1 N–H and O–H groups in total. The second-order valence-corrected chi connectivity index (χ2v) is 6.55. The molecule has 0 aliphatic carbocycles. The summed E-state index contributed by atoms with van der Waals surface area (Å²) in [6.45, 7) is 5.94. The van der Waals surface area contributed by atoms with Crippen molar-refractivity contribution in [3.63, 3.8) is 0 Å². The van der Waals surface area contributed by atoms with Crippen molar-refractivity contribution in [1.82, 2.24) is 5.32 Å². The lowest BCUT2D eigenvalue weighted by Gasteiger charge is -2.10. The molecule has 0 fully saturated rings. The minimum absolute atomic E-state index is 0.0553. The number of amides is 2. The van der Waals surface area contributed by atoms with Crippen LogP contribution in [0.5, 0.6) is 0 Å². The van der Waals surface area contributed by atoms with Crippen molar-refractivity contribution in [3.05, 3.63) is 82.4 Å². The van der Waals surface area contributed by atoms with Gasteiger partial charge in [-0.15, -0.1) is 6.58 Å². The number of imide groups is 1. The Labute approximate surface area is 158 Å². The number of carbonyl (C=O) groups excluding carboxylic acids is 3. The SMILES string of the molecule is C=CCCc1ccc(COC(=O)Cc2cccc3c2C(=O)NC3=O)cc1C. The highest BCUT2D eigenvalue weighted by atomic mass is 16.5. The Morgan fingerprint density at radius 1 is 1.15 bits per heavy atom. The number of fused-ring (bicyclic) bond motifs is 1. The highest BCUT2D eigenvalue weighted by Gasteiger charge is 2.29. The van der Waals surface area contributed by atoms with Crippen LogP contribution in [0.1, 0.15) is 49.4 Å². The number of esters is 1. The van der Waals surface area contributed by atoms with E-state index in [1.807, 2.05) is 31.2 Å². The first kappa shape index (κ1) is 18.6. The first-order valence-corrected chi connectivity index (χ1v) is 8.82. The number of aryl methyl sites for hydroxylation is 2. The van der Waals surface area contributed by atoms with E-state index in [1.165, 1.54) is 5.56 Å². The van der Waals surface area contributed by atoms with E-state index in [9.17, 15) is 14.4 Å². The molecule has 2 aromatic carbocycles. The van der Waals surface area contributed by atoms with Gasteiger partial charge in [0.05, 0.1) is 17.5 Å². The topological polar surface area (TPSA) is 72.5 Å². The summed E-state index contributed by atoms with van der Waals surface area (Å²) < 4.78 is 5.36. The van der Waals surface area contributed by atoms with E-state index in [-0.39, 0.29) is 18.6 Å². The smallest absolute Gasteiger partial charge is 0.310 e. The molecule has 1 aliphatic rings. The molecule has 27 heavy (non-hydrogen) atoms. The Kier molecular flexibility index (Phi) is 5.50. The highest BCUT2D eigenvalue weighted by Crippen LogP contribution is 2.21. The number of rotatable bonds is 7. The lowest BCUT2D eigenvalue weighted by molar-refractivity contribution is -0.144. The van der Waals surface area contributed by atoms with Gasteiger partial charge in [0.1, 0.15) is 6.61 Å². The van der Waals surface area contributed by atoms with Gasteiger partial charge in [0.15, 0.2) is 0 Å². The van der Waals surface area contributed by atoms with Gasteiger partial charge in [-0.3, -0.25) is 19.7 Å². The van der Waals surface area contributed by atoms with Crippen LogP contribution in [0, 0.1) is 6.92 Å². The molecule has 0 saturated heterocycles. The van der Waals surface area contributed by atoms with Gasteiger partial charge >= 0.3 is 5.97 Å². The lowest BCUT2D eigenvalue weighted by atomic mass is 10.0. The molecule has 1 heterocycles. The highest BCUT2D eigenvalue weighted by molar-refractivity contribution is 6.22. The van der Waals surface area contributed by atoms with E-state index in [0.29, 0.717) is 11.1 Å². The third-order valence-electron chi connectivity index (χ3n) is 4.61. The van der Waals surface area contributed by atoms with Crippen molar-refractivity contribution in [3.8, 4) is 0 Å². The zero-order valence-electron chi connectivity index (χ0n) is 15.2. The predicted molar refractivity (Wildman–Crippen MR) is 101 cm³/mol. The Morgan fingerprint density at radius 3 is 2.70 bits per heavy atom. The van der Waals surface area contributed by atoms with Crippen molar-refractivity contribution < 1.29 is 19.1 Å². The van der Waals surface area contributed by atoms with Gasteiger partial charge in [-0.2, -0.15) is 0 Å². The van der Waals surface area contributed by atoms with Crippen LogP contribution >= 0.6 is 0 Å². The Bertz CT molecular complexity index is 930. The fraction of sp³-hybridized carbons (Fsp3) is 0.227. The maximum atomic E-state index is 12.2. The molecule has 1 aliphatic heterocycles. The summed E-state index contributed by atoms with van der Waals surface area (Å²) in [5.74, 6) is -1.34. The number of nitrogens with one attached hydrogen (secondary N) is 1. The molecule has 3 rings (SSSR count). The van der Waals surface area contributed by atoms with E-state index < -0.39 is 17.8 Å². The summed E-state index contributed by atoms with van der Waals surface area (Å²) in [5, 5.41) is 2.24. The van der Waals surface area contributed by atoms with Gasteiger partial charge in [-0.05, 0) is 48.1 Å². The third-order valence-corrected chi connectivity index (χ3v) is 4.61. The average molecular weight is 363 g/mol.